The number of ether oxygens (including phenoxy) is 1. The van der Waals surface area contributed by atoms with Crippen molar-refractivity contribution < 1.29 is 4.74 Å². The fourth-order valence-electron chi connectivity index (χ4n) is 2.46. The summed E-state index contributed by atoms with van der Waals surface area (Å²) in [7, 11) is 0. The van der Waals surface area contributed by atoms with Crippen molar-refractivity contribution in [3.05, 3.63) is 46.4 Å². The average Bonchev–Trinajstić information content (AvgIpc) is 2.96. The summed E-state index contributed by atoms with van der Waals surface area (Å²) in [6.07, 6.45) is 4.17. The average molecular weight is 309 g/mol. The van der Waals surface area contributed by atoms with Crippen LogP contribution in [0.3, 0.4) is 0 Å². The topological polar surface area (TPSA) is 25.4 Å². The van der Waals surface area contributed by atoms with E-state index < -0.39 is 0 Å². The molecule has 0 bridgehead atoms. The summed E-state index contributed by atoms with van der Waals surface area (Å²) in [4.78, 5) is 6.61. The number of halogens is 1. The van der Waals surface area contributed by atoms with Crippen LogP contribution in [0.5, 0.6) is 5.19 Å². The largest absolute Gasteiger partial charge is 0.467 e. The minimum Gasteiger partial charge on any atom is -0.467 e. The Morgan fingerprint density at radius 3 is 2.80 bits per heavy atom. The van der Waals surface area contributed by atoms with Gasteiger partial charge in [0.05, 0.1) is 0 Å². The van der Waals surface area contributed by atoms with E-state index in [0.29, 0.717) is 6.10 Å². The number of hydrogen-bond donors (Lipinski definition) is 0. The van der Waals surface area contributed by atoms with Crippen molar-refractivity contribution in [3.63, 3.8) is 0 Å². The number of rotatable bonds is 4. The van der Waals surface area contributed by atoms with Gasteiger partial charge in [0.2, 0.25) is 0 Å². The summed E-state index contributed by atoms with van der Waals surface area (Å²) in [5.74, 6) is 0. The molecule has 1 fully saturated rings. The molecule has 0 amide bonds. The van der Waals surface area contributed by atoms with Crippen molar-refractivity contribution in [1.29, 1.82) is 0 Å². The highest BCUT2D eigenvalue weighted by Gasteiger charge is 2.21. The predicted octanol–water partition coefficient (Wildman–Crippen LogP) is 3.84. The molecule has 0 atom stereocenters. The molecule has 2 aromatic rings. The first kappa shape index (κ1) is 13.9. The van der Waals surface area contributed by atoms with Crippen LogP contribution in [0, 0.1) is 0 Å². The van der Waals surface area contributed by atoms with E-state index in [9.17, 15) is 0 Å². The molecule has 0 saturated carbocycles. The van der Waals surface area contributed by atoms with Crippen molar-refractivity contribution in [2.45, 2.75) is 25.5 Å². The summed E-state index contributed by atoms with van der Waals surface area (Å²) < 4.78 is 5.87. The van der Waals surface area contributed by atoms with Crippen molar-refractivity contribution in [2.75, 3.05) is 13.1 Å². The van der Waals surface area contributed by atoms with Gasteiger partial charge in [-0.1, -0.05) is 41.1 Å². The fraction of sp³-hybridized carbons (Fsp3) is 0.400. The van der Waals surface area contributed by atoms with Crippen molar-refractivity contribution in [1.82, 2.24) is 9.88 Å². The molecule has 0 unspecified atom stereocenters. The normalized spacial score (nSPS) is 17.2. The van der Waals surface area contributed by atoms with Gasteiger partial charge in [0.15, 0.2) is 0 Å². The monoisotopic (exact) mass is 308 g/mol. The molecular formula is C15H17ClN2OS. The number of piperidine rings is 1. The van der Waals surface area contributed by atoms with E-state index in [-0.39, 0.29) is 0 Å². The third-order valence-corrected chi connectivity index (χ3v) is 4.59. The number of benzene rings is 1. The SMILES string of the molecule is Clc1ccccc1CN1CCC(Oc2nccs2)CC1. The van der Waals surface area contributed by atoms with E-state index >= 15 is 0 Å². The van der Waals surface area contributed by atoms with Crippen LogP contribution in [0.25, 0.3) is 0 Å². The van der Waals surface area contributed by atoms with Gasteiger partial charge in [0.1, 0.15) is 6.10 Å². The highest BCUT2D eigenvalue weighted by Crippen LogP contribution is 2.23. The number of thiazole rings is 1. The first-order valence-electron chi connectivity index (χ1n) is 6.83. The molecule has 1 aliphatic heterocycles. The molecule has 1 aromatic heterocycles. The van der Waals surface area contributed by atoms with E-state index in [2.05, 4.69) is 16.0 Å². The molecule has 0 radical (unpaired) electrons. The van der Waals surface area contributed by atoms with Gasteiger partial charge in [-0.2, -0.15) is 0 Å². The van der Waals surface area contributed by atoms with E-state index in [4.69, 9.17) is 16.3 Å². The standard InChI is InChI=1S/C15H17ClN2OS/c16-14-4-2-1-3-12(14)11-18-8-5-13(6-9-18)19-15-17-7-10-20-15/h1-4,7,10,13H,5-6,8-9,11H2. The molecule has 5 heteroatoms. The predicted molar refractivity (Wildman–Crippen MR) is 82.5 cm³/mol. The Bertz CT molecular complexity index is 539. The maximum atomic E-state index is 6.21. The second kappa shape index (κ2) is 6.57. The molecule has 1 saturated heterocycles. The third kappa shape index (κ3) is 3.51. The number of nitrogens with zero attached hydrogens (tertiary/aromatic N) is 2. The van der Waals surface area contributed by atoms with Crippen LogP contribution in [0.15, 0.2) is 35.8 Å². The van der Waals surface area contributed by atoms with Crippen molar-refractivity contribution >= 4 is 22.9 Å². The number of hydrogen-bond acceptors (Lipinski definition) is 4. The van der Waals surface area contributed by atoms with Crippen LogP contribution >= 0.6 is 22.9 Å². The van der Waals surface area contributed by atoms with Gasteiger partial charge >= 0.3 is 0 Å². The second-order valence-corrected chi connectivity index (χ2v) is 6.25. The molecule has 1 aliphatic rings. The van der Waals surface area contributed by atoms with Gasteiger partial charge in [-0.15, -0.1) is 0 Å². The molecule has 106 valence electrons. The summed E-state index contributed by atoms with van der Waals surface area (Å²) in [5.41, 5.74) is 1.20. The fourth-order valence-corrected chi connectivity index (χ4v) is 3.21. The molecule has 1 aromatic carbocycles. The van der Waals surface area contributed by atoms with Crippen LogP contribution in [0.4, 0.5) is 0 Å². The maximum Gasteiger partial charge on any atom is 0.273 e. The first-order chi connectivity index (χ1) is 9.81. The van der Waals surface area contributed by atoms with Gasteiger partial charge in [0.25, 0.3) is 5.19 Å². The Morgan fingerprint density at radius 1 is 1.30 bits per heavy atom. The Balaban J connectivity index is 1.50. The van der Waals surface area contributed by atoms with E-state index in [1.54, 1.807) is 17.5 Å². The number of aromatic nitrogens is 1. The lowest BCUT2D eigenvalue weighted by Gasteiger charge is -2.31. The summed E-state index contributed by atoms with van der Waals surface area (Å²) >= 11 is 7.77. The van der Waals surface area contributed by atoms with E-state index in [1.165, 1.54) is 5.56 Å². The van der Waals surface area contributed by atoms with Crippen LogP contribution in [0.1, 0.15) is 18.4 Å². The van der Waals surface area contributed by atoms with Crippen molar-refractivity contribution in [2.24, 2.45) is 0 Å². The zero-order valence-electron chi connectivity index (χ0n) is 11.2. The molecule has 3 rings (SSSR count). The zero-order valence-corrected chi connectivity index (χ0v) is 12.7. The van der Waals surface area contributed by atoms with Gasteiger partial charge < -0.3 is 4.74 Å². The summed E-state index contributed by atoms with van der Waals surface area (Å²) in [6, 6.07) is 8.06. The van der Waals surface area contributed by atoms with Gasteiger partial charge in [-0.05, 0) is 24.5 Å². The van der Waals surface area contributed by atoms with Crippen LogP contribution < -0.4 is 4.74 Å². The lowest BCUT2D eigenvalue weighted by molar-refractivity contribution is 0.0965. The minimum absolute atomic E-state index is 0.295. The first-order valence-corrected chi connectivity index (χ1v) is 8.09. The Morgan fingerprint density at radius 2 is 2.10 bits per heavy atom. The molecule has 0 spiro atoms. The molecular weight excluding hydrogens is 292 g/mol. The Labute approximate surface area is 128 Å². The highest BCUT2D eigenvalue weighted by atomic mass is 35.5. The lowest BCUT2D eigenvalue weighted by Crippen LogP contribution is -2.37. The quantitative estimate of drug-likeness (QED) is 0.858. The lowest BCUT2D eigenvalue weighted by atomic mass is 10.1. The Kier molecular flexibility index (Phi) is 4.55. The zero-order chi connectivity index (χ0) is 13.8. The van der Waals surface area contributed by atoms with Crippen molar-refractivity contribution in [3.8, 4) is 5.19 Å². The van der Waals surface area contributed by atoms with Crippen LogP contribution in [-0.4, -0.2) is 29.1 Å². The molecule has 3 nitrogen and oxygen atoms in total. The smallest absolute Gasteiger partial charge is 0.273 e. The van der Waals surface area contributed by atoms with E-state index in [1.807, 2.05) is 23.6 Å². The van der Waals surface area contributed by atoms with Gasteiger partial charge in [-0.3, -0.25) is 4.90 Å². The van der Waals surface area contributed by atoms with Gasteiger partial charge in [-0.25, -0.2) is 4.98 Å². The Hall–Kier alpha value is -1.10. The molecule has 2 heterocycles. The van der Waals surface area contributed by atoms with Gasteiger partial charge in [0, 0.05) is 36.2 Å². The van der Waals surface area contributed by atoms with Crippen LogP contribution in [-0.2, 0) is 6.54 Å². The second-order valence-electron chi connectivity index (χ2n) is 4.98. The highest BCUT2D eigenvalue weighted by molar-refractivity contribution is 7.11. The summed E-state index contributed by atoms with van der Waals surface area (Å²) in [5, 5.41) is 3.59. The van der Waals surface area contributed by atoms with Crippen LogP contribution in [0.2, 0.25) is 5.02 Å². The number of likely N-dealkylation sites (tertiary alicyclic amines) is 1. The molecule has 0 aliphatic carbocycles. The molecule has 20 heavy (non-hydrogen) atoms. The third-order valence-electron chi connectivity index (χ3n) is 3.56. The molecule has 0 N–H and O–H groups in total. The minimum atomic E-state index is 0.295. The maximum absolute atomic E-state index is 6.21. The van der Waals surface area contributed by atoms with E-state index in [0.717, 1.165) is 42.7 Å². The summed E-state index contributed by atoms with van der Waals surface area (Å²) in [6.45, 7) is 3.01.